The van der Waals surface area contributed by atoms with Crippen molar-refractivity contribution >= 4 is 17.9 Å². The summed E-state index contributed by atoms with van der Waals surface area (Å²) in [5.74, 6) is -0.372. The van der Waals surface area contributed by atoms with Gasteiger partial charge < -0.3 is 9.72 Å². The minimum atomic E-state index is -0.372. The molecule has 0 saturated carbocycles. The van der Waals surface area contributed by atoms with Crippen LogP contribution < -0.4 is 5.43 Å². The molecule has 1 heterocycles. The van der Waals surface area contributed by atoms with E-state index in [1.807, 2.05) is 67.6 Å². The van der Waals surface area contributed by atoms with Crippen LogP contribution >= 0.6 is 0 Å². The number of carbonyl (C=O) groups excluding carboxylic acids is 1. The second kappa shape index (κ2) is 7.49. The van der Waals surface area contributed by atoms with Crippen molar-refractivity contribution < 1.29 is 9.53 Å². The van der Waals surface area contributed by atoms with Crippen molar-refractivity contribution in [3.8, 4) is 11.1 Å². The smallest absolute Gasteiger partial charge is 0.340 e. The average Bonchev–Trinajstić information content (AvgIpc) is 2.99. The first-order chi connectivity index (χ1) is 12.2. The molecule has 0 unspecified atom stereocenters. The molecule has 2 aromatic carbocycles. The number of H-pyrrole nitrogens is 1. The number of ether oxygens (including phenoxy) is 1. The summed E-state index contributed by atoms with van der Waals surface area (Å²) >= 11 is 0. The number of aryl methyl sites for hydroxylation is 1. The highest BCUT2D eigenvalue weighted by Gasteiger charge is 2.22. The van der Waals surface area contributed by atoms with Gasteiger partial charge in [-0.25, -0.2) is 4.79 Å². The summed E-state index contributed by atoms with van der Waals surface area (Å²) in [4.78, 5) is 15.5. The topological polar surface area (TPSA) is 66.5 Å². The number of esters is 1. The maximum Gasteiger partial charge on any atom is 0.340 e. The maximum atomic E-state index is 12.2. The highest BCUT2D eigenvalue weighted by Crippen LogP contribution is 2.30. The van der Waals surface area contributed by atoms with Gasteiger partial charge in [0, 0.05) is 11.3 Å². The van der Waals surface area contributed by atoms with Gasteiger partial charge in [0.05, 0.1) is 30.3 Å². The number of carbonyl (C=O) groups is 1. The molecule has 0 spiro atoms. The van der Waals surface area contributed by atoms with Gasteiger partial charge in [0.15, 0.2) is 0 Å². The number of hydrogen-bond donors (Lipinski definition) is 2. The highest BCUT2D eigenvalue weighted by molar-refractivity contribution is 6.04. The van der Waals surface area contributed by atoms with Crippen molar-refractivity contribution in [2.75, 3.05) is 12.5 Å². The van der Waals surface area contributed by atoms with Crippen LogP contribution in [0, 0.1) is 6.92 Å². The number of para-hydroxylation sites is 1. The fraction of sp³-hybridized carbons (Fsp3) is 0.100. The summed E-state index contributed by atoms with van der Waals surface area (Å²) in [6.07, 6.45) is 1.68. The van der Waals surface area contributed by atoms with E-state index < -0.39 is 0 Å². The van der Waals surface area contributed by atoms with Crippen LogP contribution in [-0.4, -0.2) is 24.3 Å². The number of rotatable bonds is 5. The number of aromatic amines is 1. The Morgan fingerprint density at radius 2 is 1.72 bits per heavy atom. The molecule has 5 nitrogen and oxygen atoms in total. The molecule has 5 heteroatoms. The number of hydrogen-bond acceptors (Lipinski definition) is 4. The number of nitrogens with one attached hydrogen (secondary N) is 2. The van der Waals surface area contributed by atoms with Gasteiger partial charge in [-0.15, -0.1) is 0 Å². The Morgan fingerprint density at radius 1 is 1.08 bits per heavy atom. The summed E-state index contributed by atoms with van der Waals surface area (Å²) in [6, 6.07) is 19.4. The number of nitrogens with zero attached hydrogens (tertiary/aromatic N) is 1. The summed E-state index contributed by atoms with van der Waals surface area (Å²) in [5.41, 5.74) is 7.58. The van der Waals surface area contributed by atoms with Gasteiger partial charge in [-0.3, -0.25) is 5.43 Å². The Labute approximate surface area is 146 Å². The normalized spacial score (nSPS) is 10.8. The molecule has 3 rings (SSSR count). The van der Waals surface area contributed by atoms with Gasteiger partial charge in [0.25, 0.3) is 0 Å². The van der Waals surface area contributed by atoms with Crippen LogP contribution in [0.15, 0.2) is 65.8 Å². The Morgan fingerprint density at radius 3 is 2.36 bits per heavy atom. The molecule has 0 aliphatic carbocycles. The lowest BCUT2D eigenvalue weighted by atomic mass is 10.0. The largest absolute Gasteiger partial charge is 0.465 e. The average molecular weight is 333 g/mol. The first kappa shape index (κ1) is 16.5. The Bertz CT molecular complexity index is 884. The standard InChI is InChI=1S/C20H19N3O2/c1-14-18(20(24)25-2)19(15-9-5-3-6-10-15)17(22-14)13-21-23-16-11-7-4-8-12-16/h3-13,22-23H,1-2H3/b21-13+. The molecule has 126 valence electrons. The van der Waals surface area contributed by atoms with E-state index in [-0.39, 0.29) is 5.97 Å². The van der Waals surface area contributed by atoms with Crippen LogP contribution in [-0.2, 0) is 4.74 Å². The molecule has 0 radical (unpaired) electrons. The molecule has 0 saturated heterocycles. The van der Waals surface area contributed by atoms with Crippen LogP contribution in [0.25, 0.3) is 11.1 Å². The van der Waals surface area contributed by atoms with E-state index in [9.17, 15) is 4.79 Å². The van der Waals surface area contributed by atoms with E-state index in [0.29, 0.717) is 5.56 Å². The molecule has 0 amide bonds. The van der Waals surface area contributed by atoms with E-state index in [1.165, 1.54) is 7.11 Å². The molecule has 0 fully saturated rings. The van der Waals surface area contributed by atoms with Crippen molar-refractivity contribution in [1.82, 2.24) is 4.98 Å². The van der Waals surface area contributed by atoms with Crippen LogP contribution in [0.4, 0.5) is 5.69 Å². The molecular formula is C20H19N3O2. The van der Waals surface area contributed by atoms with Gasteiger partial charge in [-0.1, -0.05) is 48.5 Å². The lowest BCUT2D eigenvalue weighted by Gasteiger charge is -2.05. The monoisotopic (exact) mass is 333 g/mol. The SMILES string of the molecule is COC(=O)c1c(C)[nH]c(/C=N/Nc2ccccc2)c1-c1ccccc1. The van der Waals surface area contributed by atoms with Crippen molar-refractivity contribution in [3.63, 3.8) is 0 Å². The first-order valence-electron chi connectivity index (χ1n) is 7.91. The van der Waals surface area contributed by atoms with E-state index in [1.54, 1.807) is 6.21 Å². The number of anilines is 1. The van der Waals surface area contributed by atoms with Gasteiger partial charge in [0.1, 0.15) is 0 Å². The Balaban J connectivity index is 2.00. The Kier molecular flexibility index (Phi) is 4.95. The third-order valence-electron chi connectivity index (χ3n) is 3.83. The predicted octanol–water partition coefficient (Wildman–Crippen LogP) is 4.22. The molecule has 25 heavy (non-hydrogen) atoms. The highest BCUT2D eigenvalue weighted by atomic mass is 16.5. The fourth-order valence-corrected chi connectivity index (χ4v) is 2.69. The number of aromatic nitrogens is 1. The Hall–Kier alpha value is -3.34. The zero-order valence-corrected chi connectivity index (χ0v) is 14.1. The minimum absolute atomic E-state index is 0.372. The number of hydrazone groups is 1. The lowest BCUT2D eigenvalue weighted by Crippen LogP contribution is -2.04. The van der Waals surface area contributed by atoms with Crippen molar-refractivity contribution in [2.45, 2.75) is 6.92 Å². The zero-order valence-electron chi connectivity index (χ0n) is 14.1. The van der Waals surface area contributed by atoms with Crippen LogP contribution in [0.5, 0.6) is 0 Å². The fourth-order valence-electron chi connectivity index (χ4n) is 2.69. The van der Waals surface area contributed by atoms with Gasteiger partial charge in [-0.2, -0.15) is 5.10 Å². The second-order valence-electron chi connectivity index (χ2n) is 5.51. The lowest BCUT2D eigenvalue weighted by molar-refractivity contribution is 0.0601. The number of methoxy groups -OCH3 is 1. The summed E-state index contributed by atoms with van der Waals surface area (Å²) in [5, 5.41) is 4.28. The summed E-state index contributed by atoms with van der Waals surface area (Å²) < 4.78 is 4.95. The van der Waals surface area contributed by atoms with Gasteiger partial charge >= 0.3 is 5.97 Å². The third-order valence-corrected chi connectivity index (χ3v) is 3.83. The zero-order chi connectivity index (χ0) is 17.6. The van der Waals surface area contributed by atoms with Crippen molar-refractivity contribution in [3.05, 3.63) is 77.6 Å². The van der Waals surface area contributed by atoms with Crippen LogP contribution in [0.2, 0.25) is 0 Å². The molecule has 0 aliphatic heterocycles. The summed E-state index contributed by atoms with van der Waals surface area (Å²) in [7, 11) is 1.38. The second-order valence-corrected chi connectivity index (χ2v) is 5.51. The molecular weight excluding hydrogens is 314 g/mol. The number of benzene rings is 2. The third kappa shape index (κ3) is 3.61. The quantitative estimate of drug-likeness (QED) is 0.417. The van der Waals surface area contributed by atoms with Crippen LogP contribution in [0.1, 0.15) is 21.7 Å². The predicted molar refractivity (Wildman–Crippen MR) is 100.0 cm³/mol. The molecule has 0 atom stereocenters. The van der Waals surface area contributed by atoms with Crippen LogP contribution in [0.3, 0.4) is 0 Å². The molecule has 1 aromatic heterocycles. The molecule has 3 aromatic rings. The summed E-state index contributed by atoms with van der Waals surface area (Å²) in [6.45, 7) is 1.85. The first-order valence-corrected chi connectivity index (χ1v) is 7.91. The van der Waals surface area contributed by atoms with Crippen molar-refractivity contribution in [2.24, 2.45) is 5.10 Å². The minimum Gasteiger partial charge on any atom is -0.465 e. The van der Waals surface area contributed by atoms with Crippen molar-refractivity contribution in [1.29, 1.82) is 0 Å². The van der Waals surface area contributed by atoms with E-state index in [0.717, 1.165) is 28.2 Å². The molecule has 2 N–H and O–H groups in total. The van der Waals surface area contributed by atoms with E-state index in [4.69, 9.17) is 4.74 Å². The van der Waals surface area contributed by atoms with E-state index >= 15 is 0 Å². The van der Waals surface area contributed by atoms with Gasteiger partial charge in [0.2, 0.25) is 0 Å². The maximum absolute atomic E-state index is 12.2. The van der Waals surface area contributed by atoms with Gasteiger partial charge in [-0.05, 0) is 24.6 Å². The molecule has 0 aliphatic rings. The van der Waals surface area contributed by atoms with E-state index in [2.05, 4.69) is 15.5 Å². The molecule has 0 bridgehead atoms.